The van der Waals surface area contributed by atoms with E-state index in [1.54, 1.807) is 6.20 Å². The number of carbonyl (C=O) groups is 1. The van der Waals surface area contributed by atoms with Crippen LogP contribution in [0.3, 0.4) is 0 Å². The zero-order chi connectivity index (χ0) is 16.4. The molecule has 0 saturated carbocycles. The van der Waals surface area contributed by atoms with Gasteiger partial charge in [0.1, 0.15) is 0 Å². The molecule has 0 bridgehead atoms. The molecule has 0 unspecified atom stereocenters. The number of aromatic nitrogens is 2. The molecule has 3 rings (SSSR count). The molecule has 1 fully saturated rings. The molecule has 2 aromatic rings. The highest BCUT2D eigenvalue weighted by molar-refractivity contribution is 5.81. The molecule has 1 aliphatic rings. The fourth-order valence-electron chi connectivity index (χ4n) is 2.94. The number of halogens is 3. The van der Waals surface area contributed by atoms with E-state index in [2.05, 4.69) is 5.10 Å². The average Bonchev–Trinajstić information content (AvgIpc) is 3.04. The maximum atomic E-state index is 12.5. The van der Waals surface area contributed by atoms with Crippen LogP contribution in [0.25, 0.3) is 11.3 Å². The van der Waals surface area contributed by atoms with E-state index in [4.69, 9.17) is 0 Å². The minimum atomic E-state index is -4.80. The van der Waals surface area contributed by atoms with Crippen LogP contribution in [0.4, 0.5) is 13.2 Å². The Balaban J connectivity index is 1.72. The first-order chi connectivity index (χ1) is 11.0. The van der Waals surface area contributed by atoms with Crippen LogP contribution in [0.1, 0.15) is 18.9 Å². The predicted molar refractivity (Wildman–Crippen MR) is 78.6 cm³/mol. The van der Waals surface area contributed by atoms with Crippen molar-refractivity contribution in [1.82, 2.24) is 14.7 Å². The molecule has 0 radical (unpaired) electrons. The molecule has 1 aromatic heterocycles. The van der Waals surface area contributed by atoms with Crippen molar-refractivity contribution < 1.29 is 18.0 Å². The number of rotatable bonds is 2. The monoisotopic (exact) mass is 323 g/mol. The fourth-order valence-corrected chi connectivity index (χ4v) is 2.94. The van der Waals surface area contributed by atoms with Gasteiger partial charge < -0.3 is 4.90 Å². The lowest BCUT2D eigenvalue weighted by molar-refractivity contribution is -0.186. The fraction of sp³-hybridized carbons (Fsp3) is 0.375. The van der Waals surface area contributed by atoms with E-state index in [9.17, 15) is 18.0 Å². The number of carbonyl (C=O) groups excluding carboxylic acids is 1. The van der Waals surface area contributed by atoms with Crippen molar-refractivity contribution in [3.63, 3.8) is 0 Å². The Morgan fingerprint density at radius 2 is 1.74 bits per heavy atom. The first-order valence-corrected chi connectivity index (χ1v) is 7.42. The number of benzene rings is 1. The standard InChI is InChI=1S/C16H16F3N3O/c17-16(18,19)15(23)21-10-7-13(8-11-21)22-14(6-9-20-22)12-4-2-1-3-5-12/h1-6,9,13H,7-8,10-11H2. The van der Waals surface area contributed by atoms with Gasteiger partial charge in [0.25, 0.3) is 0 Å². The number of piperidine rings is 1. The number of alkyl halides is 3. The summed E-state index contributed by atoms with van der Waals surface area (Å²) in [5.74, 6) is -1.75. The molecule has 23 heavy (non-hydrogen) atoms. The van der Waals surface area contributed by atoms with Crippen LogP contribution < -0.4 is 0 Å². The number of amides is 1. The first kappa shape index (κ1) is 15.6. The highest BCUT2D eigenvalue weighted by Crippen LogP contribution is 2.30. The minimum Gasteiger partial charge on any atom is -0.335 e. The van der Waals surface area contributed by atoms with Gasteiger partial charge in [0.15, 0.2) is 0 Å². The van der Waals surface area contributed by atoms with Gasteiger partial charge in [-0.3, -0.25) is 9.48 Å². The summed E-state index contributed by atoms with van der Waals surface area (Å²) < 4.78 is 39.3. The van der Waals surface area contributed by atoms with Crippen molar-refractivity contribution >= 4 is 5.91 Å². The van der Waals surface area contributed by atoms with Gasteiger partial charge in [0.2, 0.25) is 0 Å². The number of nitrogens with zero attached hydrogens (tertiary/aromatic N) is 3. The zero-order valence-corrected chi connectivity index (χ0v) is 12.3. The zero-order valence-electron chi connectivity index (χ0n) is 12.3. The van der Waals surface area contributed by atoms with Crippen LogP contribution >= 0.6 is 0 Å². The van der Waals surface area contributed by atoms with Gasteiger partial charge in [0, 0.05) is 19.3 Å². The second kappa shape index (κ2) is 6.06. The molecule has 4 nitrogen and oxygen atoms in total. The Kier molecular flexibility index (Phi) is 4.11. The van der Waals surface area contributed by atoms with Gasteiger partial charge in [-0.1, -0.05) is 30.3 Å². The van der Waals surface area contributed by atoms with E-state index in [1.807, 2.05) is 41.1 Å². The van der Waals surface area contributed by atoms with Crippen molar-refractivity contribution in [3.05, 3.63) is 42.6 Å². The molecule has 1 saturated heterocycles. The first-order valence-electron chi connectivity index (χ1n) is 7.42. The minimum absolute atomic E-state index is 0.00232. The van der Waals surface area contributed by atoms with Gasteiger partial charge >= 0.3 is 12.1 Å². The van der Waals surface area contributed by atoms with Gasteiger partial charge in [-0.05, 0) is 24.5 Å². The number of hydrogen-bond donors (Lipinski definition) is 0. The van der Waals surface area contributed by atoms with Crippen LogP contribution in [-0.2, 0) is 4.79 Å². The quantitative estimate of drug-likeness (QED) is 0.851. The third-order valence-corrected chi connectivity index (χ3v) is 4.08. The third-order valence-electron chi connectivity index (χ3n) is 4.08. The molecule has 0 aliphatic carbocycles. The molecule has 2 heterocycles. The number of likely N-dealkylation sites (tertiary alicyclic amines) is 1. The summed E-state index contributed by atoms with van der Waals surface area (Å²) in [7, 11) is 0. The Morgan fingerprint density at radius 3 is 2.35 bits per heavy atom. The maximum absolute atomic E-state index is 12.5. The Labute approximate surface area is 131 Å². The summed E-state index contributed by atoms with van der Waals surface area (Å²) in [6.45, 7) is 0.189. The van der Waals surface area contributed by atoms with Crippen molar-refractivity contribution in [3.8, 4) is 11.3 Å². The summed E-state index contributed by atoms with van der Waals surface area (Å²) in [4.78, 5) is 12.2. The summed E-state index contributed by atoms with van der Waals surface area (Å²) in [6, 6.07) is 11.6. The summed E-state index contributed by atoms with van der Waals surface area (Å²) in [6.07, 6.45) is -2.18. The molecule has 122 valence electrons. The highest BCUT2D eigenvalue weighted by Gasteiger charge is 2.43. The van der Waals surface area contributed by atoms with Gasteiger partial charge in [-0.2, -0.15) is 18.3 Å². The molecule has 1 amide bonds. The van der Waals surface area contributed by atoms with Gasteiger partial charge in [-0.25, -0.2) is 0 Å². The second-order valence-corrected chi connectivity index (χ2v) is 5.55. The molecular formula is C16H16F3N3O. The van der Waals surface area contributed by atoms with Crippen LogP contribution in [-0.4, -0.2) is 39.9 Å². The lowest BCUT2D eigenvalue weighted by Crippen LogP contribution is -2.45. The third kappa shape index (κ3) is 3.23. The van der Waals surface area contributed by atoms with Crippen LogP contribution in [0.15, 0.2) is 42.6 Å². The lowest BCUT2D eigenvalue weighted by atomic mass is 10.0. The predicted octanol–water partition coefficient (Wildman–Crippen LogP) is 3.28. The highest BCUT2D eigenvalue weighted by atomic mass is 19.4. The van der Waals surface area contributed by atoms with Crippen LogP contribution in [0, 0.1) is 0 Å². The molecular weight excluding hydrogens is 307 g/mol. The van der Waals surface area contributed by atoms with Gasteiger partial charge in [0.05, 0.1) is 11.7 Å². The molecule has 0 atom stereocenters. The molecule has 0 spiro atoms. The Morgan fingerprint density at radius 1 is 1.09 bits per heavy atom. The van der Waals surface area contributed by atoms with E-state index in [1.165, 1.54) is 0 Å². The molecule has 7 heteroatoms. The Hall–Kier alpha value is -2.31. The second-order valence-electron chi connectivity index (χ2n) is 5.55. The summed E-state index contributed by atoms with van der Waals surface area (Å²) in [5.41, 5.74) is 1.95. The van der Waals surface area contributed by atoms with E-state index < -0.39 is 12.1 Å². The van der Waals surface area contributed by atoms with Crippen LogP contribution in [0.5, 0.6) is 0 Å². The van der Waals surface area contributed by atoms with Crippen molar-refractivity contribution in [1.29, 1.82) is 0 Å². The Bertz CT molecular complexity index is 673. The SMILES string of the molecule is O=C(N1CCC(n2nccc2-c2ccccc2)CC1)C(F)(F)F. The lowest BCUT2D eigenvalue weighted by Gasteiger charge is -2.33. The smallest absolute Gasteiger partial charge is 0.335 e. The van der Waals surface area contributed by atoms with E-state index in [-0.39, 0.29) is 19.1 Å². The summed E-state index contributed by atoms with van der Waals surface area (Å²) >= 11 is 0. The molecule has 1 aromatic carbocycles. The maximum Gasteiger partial charge on any atom is 0.471 e. The topological polar surface area (TPSA) is 38.1 Å². The summed E-state index contributed by atoms with van der Waals surface area (Å²) in [5, 5.41) is 4.33. The normalized spacial score (nSPS) is 16.6. The van der Waals surface area contributed by atoms with Gasteiger partial charge in [-0.15, -0.1) is 0 Å². The molecule has 1 aliphatic heterocycles. The van der Waals surface area contributed by atoms with E-state index in [0.717, 1.165) is 16.2 Å². The van der Waals surface area contributed by atoms with Crippen LogP contribution in [0.2, 0.25) is 0 Å². The average molecular weight is 323 g/mol. The number of hydrogen-bond acceptors (Lipinski definition) is 2. The van der Waals surface area contributed by atoms with E-state index >= 15 is 0 Å². The molecule has 0 N–H and O–H groups in total. The van der Waals surface area contributed by atoms with E-state index in [0.29, 0.717) is 12.8 Å². The van der Waals surface area contributed by atoms with Crippen molar-refractivity contribution in [2.45, 2.75) is 25.1 Å². The largest absolute Gasteiger partial charge is 0.471 e. The van der Waals surface area contributed by atoms with Crippen molar-refractivity contribution in [2.75, 3.05) is 13.1 Å². The van der Waals surface area contributed by atoms with Crippen molar-refractivity contribution in [2.24, 2.45) is 0 Å².